The first-order valence-electron chi connectivity index (χ1n) is 10.9. The number of fused-ring (bicyclic) bond motifs is 1. The maximum Gasteiger partial charge on any atom is 0.410 e. The minimum absolute atomic E-state index is 0.139. The third-order valence-corrected chi connectivity index (χ3v) is 6.47. The lowest BCUT2D eigenvalue weighted by atomic mass is 9.98. The second-order valence-corrected chi connectivity index (χ2v) is 9.79. The standard InChI is InChI=1S/C23H29N3O5S/c1-5-26(16-6-7-18-19(12-16)30-14-29-18)21(27)17-13-32-20(24-17)15-8-10-25(11-9-15)22(28)31-23(2,3)4/h6-7,12-13,15H,5,8-11,14H2,1-4H3. The number of amides is 2. The van der Waals surface area contributed by atoms with Crippen molar-refractivity contribution in [1.29, 1.82) is 0 Å². The monoisotopic (exact) mass is 459 g/mol. The van der Waals surface area contributed by atoms with Gasteiger partial charge in [0.15, 0.2) is 11.5 Å². The van der Waals surface area contributed by atoms with Crippen LogP contribution in [0, 0.1) is 0 Å². The molecule has 172 valence electrons. The van der Waals surface area contributed by atoms with E-state index in [0.29, 0.717) is 36.8 Å². The van der Waals surface area contributed by atoms with Crippen molar-refractivity contribution < 1.29 is 23.8 Å². The lowest BCUT2D eigenvalue weighted by Crippen LogP contribution is -2.41. The minimum atomic E-state index is -0.498. The average Bonchev–Trinajstić information content (AvgIpc) is 3.42. The molecule has 3 heterocycles. The summed E-state index contributed by atoms with van der Waals surface area (Å²) in [6.07, 6.45) is 1.34. The lowest BCUT2D eigenvalue weighted by molar-refractivity contribution is 0.0204. The number of nitrogens with zero attached hydrogens (tertiary/aromatic N) is 3. The predicted octanol–water partition coefficient (Wildman–Crippen LogP) is 4.65. The zero-order valence-electron chi connectivity index (χ0n) is 18.9. The molecule has 9 heteroatoms. The molecule has 1 fully saturated rings. The van der Waals surface area contributed by atoms with Gasteiger partial charge in [0.05, 0.1) is 5.01 Å². The molecule has 2 aliphatic heterocycles. The van der Waals surface area contributed by atoms with E-state index in [1.807, 2.05) is 51.3 Å². The first-order chi connectivity index (χ1) is 15.2. The number of ether oxygens (including phenoxy) is 3. The zero-order chi connectivity index (χ0) is 22.9. The second-order valence-electron chi connectivity index (χ2n) is 8.90. The van der Waals surface area contributed by atoms with Crippen molar-refractivity contribution in [2.45, 2.75) is 52.1 Å². The Morgan fingerprint density at radius 2 is 1.94 bits per heavy atom. The molecule has 1 aromatic heterocycles. The number of aromatic nitrogens is 1. The van der Waals surface area contributed by atoms with Gasteiger partial charge in [-0.3, -0.25) is 4.79 Å². The molecule has 0 unspecified atom stereocenters. The number of anilines is 1. The summed E-state index contributed by atoms with van der Waals surface area (Å²) in [4.78, 5) is 33.6. The molecule has 0 atom stereocenters. The quantitative estimate of drug-likeness (QED) is 0.662. The van der Waals surface area contributed by atoms with Crippen LogP contribution in [-0.4, -0.2) is 53.9 Å². The molecule has 0 spiro atoms. The van der Waals surface area contributed by atoms with Crippen molar-refractivity contribution in [2.75, 3.05) is 31.3 Å². The Balaban J connectivity index is 1.40. The summed E-state index contributed by atoms with van der Waals surface area (Å²) in [5.74, 6) is 1.43. The van der Waals surface area contributed by atoms with E-state index in [1.54, 1.807) is 9.80 Å². The summed E-state index contributed by atoms with van der Waals surface area (Å²) in [6.45, 7) is 9.50. The zero-order valence-corrected chi connectivity index (χ0v) is 19.7. The predicted molar refractivity (Wildman–Crippen MR) is 122 cm³/mol. The van der Waals surface area contributed by atoms with Gasteiger partial charge in [-0.2, -0.15) is 0 Å². The van der Waals surface area contributed by atoms with Gasteiger partial charge in [0.25, 0.3) is 5.91 Å². The van der Waals surface area contributed by atoms with Crippen molar-refractivity contribution in [2.24, 2.45) is 0 Å². The topological polar surface area (TPSA) is 81.2 Å². The van der Waals surface area contributed by atoms with Gasteiger partial charge in [0.2, 0.25) is 6.79 Å². The van der Waals surface area contributed by atoms with Crippen molar-refractivity contribution >= 4 is 29.0 Å². The smallest absolute Gasteiger partial charge is 0.410 e. The highest BCUT2D eigenvalue weighted by atomic mass is 32.1. The largest absolute Gasteiger partial charge is 0.454 e. The van der Waals surface area contributed by atoms with Crippen LogP contribution in [-0.2, 0) is 4.74 Å². The summed E-state index contributed by atoms with van der Waals surface area (Å²) in [5.41, 5.74) is 0.697. The van der Waals surface area contributed by atoms with E-state index in [9.17, 15) is 9.59 Å². The Bertz CT molecular complexity index is 992. The summed E-state index contributed by atoms with van der Waals surface area (Å²) in [5, 5.41) is 2.77. The minimum Gasteiger partial charge on any atom is -0.454 e. The number of hydrogen-bond acceptors (Lipinski definition) is 7. The molecular formula is C23H29N3O5S. The van der Waals surface area contributed by atoms with Gasteiger partial charge in [-0.15, -0.1) is 11.3 Å². The number of hydrogen-bond donors (Lipinski definition) is 0. The normalized spacial score (nSPS) is 16.2. The van der Waals surface area contributed by atoms with Gasteiger partial charge in [-0.1, -0.05) is 0 Å². The number of rotatable bonds is 4. The maximum atomic E-state index is 13.2. The van der Waals surface area contributed by atoms with Crippen LogP contribution in [0.1, 0.15) is 62.0 Å². The average molecular weight is 460 g/mol. The van der Waals surface area contributed by atoms with E-state index in [2.05, 4.69) is 4.98 Å². The van der Waals surface area contributed by atoms with Gasteiger partial charge >= 0.3 is 6.09 Å². The lowest BCUT2D eigenvalue weighted by Gasteiger charge is -2.32. The van der Waals surface area contributed by atoms with Crippen molar-refractivity contribution in [3.05, 3.63) is 34.3 Å². The third kappa shape index (κ3) is 4.82. The molecule has 4 rings (SSSR count). The molecule has 2 amide bonds. The van der Waals surface area contributed by atoms with Gasteiger partial charge in [0.1, 0.15) is 11.3 Å². The van der Waals surface area contributed by atoms with E-state index < -0.39 is 5.60 Å². The molecule has 8 nitrogen and oxygen atoms in total. The number of benzene rings is 1. The number of piperidine rings is 1. The third-order valence-electron chi connectivity index (χ3n) is 5.47. The Morgan fingerprint density at radius 1 is 1.22 bits per heavy atom. The van der Waals surface area contributed by atoms with Crippen LogP contribution in [0.25, 0.3) is 0 Å². The number of thiazole rings is 1. The Labute approximate surface area is 192 Å². The van der Waals surface area contributed by atoms with Gasteiger partial charge in [-0.05, 0) is 52.7 Å². The molecule has 0 bridgehead atoms. The molecule has 0 radical (unpaired) electrons. The summed E-state index contributed by atoms with van der Waals surface area (Å²) in [7, 11) is 0. The van der Waals surface area contributed by atoms with Crippen LogP contribution in [0.15, 0.2) is 23.6 Å². The second kappa shape index (κ2) is 8.97. The van der Waals surface area contributed by atoms with Crippen LogP contribution >= 0.6 is 11.3 Å². The molecule has 2 aliphatic rings. The summed E-state index contributed by atoms with van der Waals surface area (Å²) < 4.78 is 16.3. The molecule has 1 aromatic carbocycles. The van der Waals surface area contributed by atoms with E-state index in [4.69, 9.17) is 14.2 Å². The van der Waals surface area contributed by atoms with E-state index in [-0.39, 0.29) is 24.7 Å². The molecule has 0 aliphatic carbocycles. The Kier molecular flexibility index (Phi) is 6.28. The molecule has 32 heavy (non-hydrogen) atoms. The highest BCUT2D eigenvalue weighted by Crippen LogP contribution is 2.36. The SMILES string of the molecule is CCN(C(=O)c1csc(C2CCN(C(=O)OC(C)(C)C)CC2)n1)c1ccc2c(c1)OCO2. The molecule has 2 aromatic rings. The highest BCUT2D eigenvalue weighted by Gasteiger charge is 2.30. The Hall–Kier alpha value is -2.81. The van der Waals surface area contributed by atoms with Crippen molar-refractivity contribution in [3.8, 4) is 11.5 Å². The van der Waals surface area contributed by atoms with Gasteiger partial charge in [0, 0.05) is 42.7 Å². The summed E-state index contributed by atoms with van der Waals surface area (Å²) in [6, 6.07) is 5.50. The van der Waals surface area contributed by atoms with Crippen LogP contribution in [0.3, 0.4) is 0 Å². The first kappa shape index (κ1) is 22.4. The van der Waals surface area contributed by atoms with E-state index in [1.165, 1.54) is 11.3 Å². The molecular weight excluding hydrogens is 430 g/mol. The fraction of sp³-hybridized carbons (Fsp3) is 0.522. The fourth-order valence-corrected chi connectivity index (χ4v) is 4.81. The van der Waals surface area contributed by atoms with Crippen molar-refractivity contribution in [1.82, 2.24) is 9.88 Å². The first-order valence-corrected chi connectivity index (χ1v) is 11.8. The number of likely N-dealkylation sites (tertiary alicyclic amines) is 1. The van der Waals surface area contributed by atoms with Crippen LogP contribution < -0.4 is 14.4 Å². The fourth-order valence-electron chi connectivity index (χ4n) is 3.84. The van der Waals surface area contributed by atoms with E-state index >= 15 is 0 Å². The van der Waals surface area contributed by atoms with E-state index in [0.717, 1.165) is 23.5 Å². The summed E-state index contributed by atoms with van der Waals surface area (Å²) >= 11 is 1.51. The molecule has 1 saturated heterocycles. The molecule has 0 saturated carbocycles. The van der Waals surface area contributed by atoms with Crippen molar-refractivity contribution in [3.63, 3.8) is 0 Å². The van der Waals surface area contributed by atoms with Crippen LogP contribution in [0.2, 0.25) is 0 Å². The van der Waals surface area contributed by atoms with Crippen LogP contribution in [0.4, 0.5) is 10.5 Å². The molecule has 0 N–H and O–H groups in total. The number of carbonyl (C=O) groups is 2. The number of carbonyl (C=O) groups excluding carboxylic acids is 2. The Morgan fingerprint density at radius 3 is 2.62 bits per heavy atom. The highest BCUT2D eigenvalue weighted by molar-refractivity contribution is 7.10. The maximum absolute atomic E-state index is 13.2. The van der Waals surface area contributed by atoms with Gasteiger partial charge < -0.3 is 24.0 Å². The van der Waals surface area contributed by atoms with Gasteiger partial charge in [-0.25, -0.2) is 9.78 Å². The van der Waals surface area contributed by atoms with Crippen LogP contribution in [0.5, 0.6) is 11.5 Å².